The highest BCUT2D eigenvalue weighted by molar-refractivity contribution is 5.39. The first-order chi connectivity index (χ1) is 13.0. The van der Waals surface area contributed by atoms with Crippen LogP contribution in [-0.2, 0) is 0 Å². The van der Waals surface area contributed by atoms with Crippen molar-refractivity contribution in [2.24, 2.45) is 11.8 Å². The second-order valence-electron chi connectivity index (χ2n) is 8.82. The van der Waals surface area contributed by atoms with E-state index in [-0.39, 0.29) is 6.10 Å². The Balaban J connectivity index is 2.08. The van der Waals surface area contributed by atoms with Crippen molar-refractivity contribution in [3.8, 4) is 0 Å². The minimum absolute atomic E-state index is 0.309. The van der Waals surface area contributed by atoms with Gasteiger partial charge in [0.2, 0.25) is 0 Å². The van der Waals surface area contributed by atoms with E-state index in [1.807, 2.05) is 0 Å². The molecule has 1 aliphatic rings. The second-order valence-corrected chi connectivity index (χ2v) is 8.82. The Bertz CT molecular complexity index is 583. The van der Waals surface area contributed by atoms with E-state index < -0.39 is 0 Å². The van der Waals surface area contributed by atoms with Crippen molar-refractivity contribution in [1.82, 2.24) is 0 Å². The van der Waals surface area contributed by atoms with Gasteiger partial charge in [0, 0.05) is 5.92 Å². The van der Waals surface area contributed by atoms with Crippen LogP contribution in [0.15, 0.2) is 35.4 Å². The quantitative estimate of drug-likeness (QED) is 0.309. The molecule has 0 heterocycles. The lowest BCUT2D eigenvalue weighted by Gasteiger charge is -2.26. The van der Waals surface area contributed by atoms with Crippen molar-refractivity contribution >= 4 is 0 Å². The van der Waals surface area contributed by atoms with Gasteiger partial charge in [-0.05, 0) is 49.7 Å². The van der Waals surface area contributed by atoms with E-state index in [0.717, 1.165) is 24.3 Å². The van der Waals surface area contributed by atoms with E-state index in [2.05, 4.69) is 58.9 Å². The largest absolute Gasteiger partial charge is 0.388 e. The maximum absolute atomic E-state index is 10.4. The Hall–Kier alpha value is -1.08. The topological polar surface area (TPSA) is 20.2 Å². The third kappa shape index (κ3) is 5.70. The lowest BCUT2D eigenvalue weighted by atomic mass is 9.78. The number of aliphatic hydroxyl groups is 1. The molecule has 0 radical (unpaired) electrons. The SMILES string of the molecule is CCCCCC[C@H]1C(C)C(C)=C(C)[C@@H]1c1ccc(C(O)CCCCC)cc1. The summed E-state index contributed by atoms with van der Waals surface area (Å²) in [6.07, 6.45) is 10.8. The highest BCUT2D eigenvalue weighted by Crippen LogP contribution is 2.49. The zero-order valence-electron chi connectivity index (χ0n) is 18.4. The fraction of sp³-hybridized carbons (Fsp3) is 0.692. The Labute approximate surface area is 168 Å². The molecule has 4 atom stereocenters. The van der Waals surface area contributed by atoms with Crippen molar-refractivity contribution < 1.29 is 5.11 Å². The molecule has 0 saturated carbocycles. The van der Waals surface area contributed by atoms with Crippen LogP contribution in [0, 0.1) is 11.8 Å². The van der Waals surface area contributed by atoms with Gasteiger partial charge in [0.15, 0.2) is 0 Å². The van der Waals surface area contributed by atoms with Gasteiger partial charge in [0.1, 0.15) is 0 Å². The van der Waals surface area contributed by atoms with Gasteiger partial charge in [-0.3, -0.25) is 0 Å². The third-order valence-corrected chi connectivity index (χ3v) is 6.99. The van der Waals surface area contributed by atoms with E-state index in [4.69, 9.17) is 0 Å². The molecule has 0 amide bonds. The van der Waals surface area contributed by atoms with Crippen LogP contribution < -0.4 is 0 Å². The molecule has 1 heteroatoms. The van der Waals surface area contributed by atoms with Crippen LogP contribution in [0.4, 0.5) is 0 Å². The molecule has 27 heavy (non-hydrogen) atoms. The predicted molar refractivity (Wildman–Crippen MR) is 118 cm³/mol. The molecule has 1 nitrogen and oxygen atoms in total. The van der Waals surface area contributed by atoms with Gasteiger partial charge in [0.05, 0.1) is 6.10 Å². The maximum Gasteiger partial charge on any atom is 0.0790 e. The second kappa shape index (κ2) is 11.1. The number of unbranched alkanes of at least 4 members (excludes halogenated alkanes) is 5. The van der Waals surface area contributed by atoms with Crippen LogP contribution in [0.25, 0.3) is 0 Å². The molecule has 152 valence electrons. The Morgan fingerprint density at radius 3 is 2.11 bits per heavy atom. The molecule has 1 aromatic rings. The van der Waals surface area contributed by atoms with Crippen LogP contribution >= 0.6 is 0 Å². The summed E-state index contributed by atoms with van der Waals surface area (Å²) in [6.45, 7) is 11.6. The molecule has 1 aliphatic carbocycles. The maximum atomic E-state index is 10.4. The summed E-state index contributed by atoms with van der Waals surface area (Å²) in [5.41, 5.74) is 5.71. The van der Waals surface area contributed by atoms with Gasteiger partial charge >= 0.3 is 0 Å². The molecular formula is C26H42O. The van der Waals surface area contributed by atoms with E-state index in [1.165, 1.54) is 50.5 Å². The number of aliphatic hydroxyl groups excluding tert-OH is 1. The van der Waals surface area contributed by atoms with Gasteiger partial charge in [-0.25, -0.2) is 0 Å². The number of rotatable bonds is 11. The summed E-state index contributed by atoms with van der Waals surface area (Å²) in [6, 6.07) is 8.92. The smallest absolute Gasteiger partial charge is 0.0790 e. The first-order valence-electron chi connectivity index (χ1n) is 11.5. The monoisotopic (exact) mass is 370 g/mol. The van der Waals surface area contributed by atoms with Crippen molar-refractivity contribution in [2.75, 3.05) is 0 Å². The molecule has 0 spiro atoms. The molecule has 0 bridgehead atoms. The summed E-state index contributed by atoms with van der Waals surface area (Å²) in [4.78, 5) is 0. The molecule has 1 N–H and O–H groups in total. The van der Waals surface area contributed by atoms with E-state index in [1.54, 1.807) is 11.1 Å². The minimum Gasteiger partial charge on any atom is -0.388 e. The van der Waals surface area contributed by atoms with Gasteiger partial charge in [0.25, 0.3) is 0 Å². The summed E-state index contributed by atoms with van der Waals surface area (Å²) in [7, 11) is 0. The van der Waals surface area contributed by atoms with Crippen LogP contribution in [0.2, 0.25) is 0 Å². The molecule has 2 unspecified atom stereocenters. The molecule has 2 rings (SSSR count). The zero-order chi connectivity index (χ0) is 19.8. The van der Waals surface area contributed by atoms with Crippen LogP contribution in [0.1, 0.15) is 116 Å². The summed E-state index contributed by atoms with van der Waals surface area (Å²) < 4.78 is 0. The zero-order valence-corrected chi connectivity index (χ0v) is 18.4. The molecule has 0 fully saturated rings. The Kier molecular flexibility index (Phi) is 9.09. The van der Waals surface area contributed by atoms with Crippen molar-refractivity contribution in [3.63, 3.8) is 0 Å². The molecule has 0 saturated heterocycles. The first-order valence-corrected chi connectivity index (χ1v) is 11.5. The van der Waals surface area contributed by atoms with Crippen molar-refractivity contribution in [2.45, 2.75) is 104 Å². The Morgan fingerprint density at radius 2 is 1.48 bits per heavy atom. The Morgan fingerprint density at radius 1 is 0.852 bits per heavy atom. The van der Waals surface area contributed by atoms with E-state index in [9.17, 15) is 5.11 Å². The molecular weight excluding hydrogens is 328 g/mol. The number of hydrogen-bond acceptors (Lipinski definition) is 1. The van der Waals surface area contributed by atoms with Crippen LogP contribution in [0.3, 0.4) is 0 Å². The van der Waals surface area contributed by atoms with Gasteiger partial charge in [-0.15, -0.1) is 0 Å². The predicted octanol–water partition coefficient (Wildman–Crippen LogP) is 7.96. The third-order valence-electron chi connectivity index (χ3n) is 6.99. The van der Waals surface area contributed by atoms with Gasteiger partial charge in [-0.1, -0.05) is 101 Å². The number of hydrogen-bond donors (Lipinski definition) is 1. The van der Waals surface area contributed by atoms with Crippen LogP contribution in [0.5, 0.6) is 0 Å². The normalized spacial score (nSPS) is 23.9. The van der Waals surface area contributed by atoms with Crippen molar-refractivity contribution in [1.29, 1.82) is 0 Å². The van der Waals surface area contributed by atoms with E-state index >= 15 is 0 Å². The highest BCUT2D eigenvalue weighted by Gasteiger charge is 2.36. The fourth-order valence-electron chi connectivity index (χ4n) is 4.94. The lowest BCUT2D eigenvalue weighted by Crippen LogP contribution is -2.15. The minimum atomic E-state index is -0.309. The highest BCUT2D eigenvalue weighted by atomic mass is 16.3. The van der Waals surface area contributed by atoms with Gasteiger partial charge < -0.3 is 5.11 Å². The lowest BCUT2D eigenvalue weighted by molar-refractivity contribution is 0.163. The molecule has 1 aromatic carbocycles. The average molecular weight is 371 g/mol. The number of benzene rings is 1. The summed E-state index contributed by atoms with van der Waals surface area (Å²) >= 11 is 0. The summed E-state index contributed by atoms with van der Waals surface area (Å²) in [5.74, 6) is 1.99. The average Bonchev–Trinajstić information content (AvgIpc) is 2.89. The van der Waals surface area contributed by atoms with Gasteiger partial charge in [-0.2, -0.15) is 0 Å². The molecule has 0 aliphatic heterocycles. The number of allylic oxidation sites excluding steroid dienone is 2. The summed E-state index contributed by atoms with van der Waals surface area (Å²) in [5, 5.41) is 10.4. The standard InChI is InChI=1S/C26H42O/c1-6-8-10-12-13-24-20(4)19(3)21(5)26(24)23-17-15-22(16-18-23)25(27)14-11-9-7-2/h15-18,20,24-27H,6-14H2,1-5H3/t20?,24-,25?,26+/m0/s1. The van der Waals surface area contributed by atoms with E-state index in [0.29, 0.717) is 11.8 Å². The fourth-order valence-corrected chi connectivity index (χ4v) is 4.94. The first kappa shape index (κ1) is 22.2. The molecule has 0 aromatic heterocycles. The van der Waals surface area contributed by atoms with Crippen molar-refractivity contribution in [3.05, 3.63) is 46.5 Å². The van der Waals surface area contributed by atoms with Crippen LogP contribution in [-0.4, -0.2) is 5.11 Å².